The molecule has 0 saturated carbocycles. The van der Waals surface area contributed by atoms with Crippen molar-refractivity contribution in [2.24, 2.45) is 17.4 Å². The van der Waals surface area contributed by atoms with Crippen molar-refractivity contribution in [3.8, 4) is 0 Å². The van der Waals surface area contributed by atoms with Crippen LogP contribution in [0.3, 0.4) is 0 Å². The van der Waals surface area contributed by atoms with Crippen LogP contribution in [0.15, 0.2) is 15.9 Å². The second-order valence-corrected chi connectivity index (χ2v) is 5.21. The number of hydrogen-bond donors (Lipinski definition) is 2. The van der Waals surface area contributed by atoms with Crippen LogP contribution in [0.1, 0.15) is 24.3 Å². The number of rotatable bonds is 4. The average molecular weight is 263 g/mol. The van der Waals surface area contributed by atoms with Gasteiger partial charge in [0.1, 0.15) is 0 Å². The van der Waals surface area contributed by atoms with Crippen molar-refractivity contribution in [2.45, 2.75) is 19.4 Å². The van der Waals surface area contributed by atoms with E-state index in [1.807, 2.05) is 0 Å². The molecule has 1 rings (SSSR count). The Kier molecular flexibility index (Phi) is 4.38. The SMILES string of the molecule is CC(CN)CC(N)c1cc(Br)cs1. The van der Waals surface area contributed by atoms with Crippen LogP contribution in [0.25, 0.3) is 0 Å². The molecular formula is C9H15BrN2S. The summed E-state index contributed by atoms with van der Waals surface area (Å²) in [6.07, 6.45) is 0.962. The van der Waals surface area contributed by atoms with Crippen molar-refractivity contribution in [1.82, 2.24) is 0 Å². The highest BCUT2D eigenvalue weighted by Crippen LogP contribution is 2.27. The molecule has 74 valence electrons. The Hall–Kier alpha value is 0.1000. The lowest BCUT2D eigenvalue weighted by atomic mass is 10.0. The first kappa shape index (κ1) is 11.2. The van der Waals surface area contributed by atoms with Crippen molar-refractivity contribution in [1.29, 1.82) is 0 Å². The topological polar surface area (TPSA) is 52.0 Å². The minimum Gasteiger partial charge on any atom is -0.330 e. The molecule has 4 heteroatoms. The van der Waals surface area contributed by atoms with Crippen LogP contribution >= 0.6 is 27.3 Å². The van der Waals surface area contributed by atoms with E-state index in [0.29, 0.717) is 12.5 Å². The molecule has 2 unspecified atom stereocenters. The molecule has 2 atom stereocenters. The van der Waals surface area contributed by atoms with E-state index < -0.39 is 0 Å². The fourth-order valence-electron chi connectivity index (χ4n) is 1.17. The number of halogens is 1. The largest absolute Gasteiger partial charge is 0.330 e. The monoisotopic (exact) mass is 262 g/mol. The van der Waals surface area contributed by atoms with Crippen molar-refractivity contribution in [3.63, 3.8) is 0 Å². The van der Waals surface area contributed by atoms with Gasteiger partial charge in [0.25, 0.3) is 0 Å². The van der Waals surface area contributed by atoms with Gasteiger partial charge in [-0.2, -0.15) is 0 Å². The molecule has 13 heavy (non-hydrogen) atoms. The summed E-state index contributed by atoms with van der Waals surface area (Å²) in [5, 5.41) is 2.06. The number of thiophene rings is 1. The van der Waals surface area contributed by atoms with Crippen molar-refractivity contribution in [2.75, 3.05) is 6.54 Å². The third kappa shape index (κ3) is 3.38. The quantitative estimate of drug-likeness (QED) is 0.876. The van der Waals surface area contributed by atoms with Crippen LogP contribution in [0.5, 0.6) is 0 Å². The van der Waals surface area contributed by atoms with E-state index in [1.54, 1.807) is 11.3 Å². The second-order valence-electron chi connectivity index (χ2n) is 3.35. The summed E-state index contributed by atoms with van der Waals surface area (Å²) >= 11 is 5.11. The average Bonchev–Trinajstić information content (AvgIpc) is 2.51. The lowest BCUT2D eigenvalue weighted by molar-refractivity contribution is 0.486. The molecule has 0 radical (unpaired) electrons. The van der Waals surface area contributed by atoms with Crippen LogP contribution < -0.4 is 11.5 Å². The van der Waals surface area contributed by atoms with E-state index in [4.69, 9.17) is 11.5 Å². The van der Waals surface area contributed by atoms with Gasteiger partial charge in [0.05, 0.1) is 0 Å². The Morgan fingerprint density at radius 1 is 1.62 bits per heavy atom. The minimum absolute atomic E-state index is 0.134. The van der Waals surface area contributed by atoms with Crippen molar-refractivity contribution < 1.29 is 0 Å². The minimum atomic E-state index is 0.134. The van der Waals surface area contributed by atoms with Gasteiger partial charge in [-0.15, -0.1) is 11.3 Å². The Bertz CT molecular complexity index is 262. The summed E-state index contributed by atoms with van der Waals surface area (Å²) in [4.78, 5) is 1.23. The zero-order valence-corrected chi connectivity index (χ0v) is 10.1. The predicted octanol–water partition coefficient (Wildman–Crippen LogP) is 2.50. The van der Waals surface area contributed by atoms with Crippen LogP contribution in [-0.2, 0) is 0 Å². The third-order valence-electron chi connectivity index (χ3n) is 2.01. The molecule has 2 nitrogen and oxygen atoms in total. The fraction of sp³-hybridized carbons (Fsp3) is 0.556. The lowest BCUT2D eigenvalue weighted by Gasteiger charge is -2.13. The van der Waals surface area contributed by atoms with E-state index in [2.05, 4.69) is 34.3 Å². The Balaban J connectivity index is 2.53. The molecule has 0 aliphatic carbocycles. The zero-order chi connectivity index (χ0) is 9.84. The molecule has 4 N–H and O–H groups in total. The fourth-order valence-corrected chi connectivity index (χ4v) is 2.63. The van der Waals surface area contributed by atoms with Crippen LogP contribution in [0.2, 0.25) is 0 Å². The molecule has 0 spiro atoms. The summed E-state index contributed by atoms with van der Waals surface area (Å²) in [6, 6.07) is 2.22. The molecule has 0 bridgehead atoms. The van der Waals surface area contributed by atoms with E-state index in [9.17, 15) is 0 Å². The first-order chi connectivity index (χ1) is 6.13. The smallest absolute Gasteiger partial charge is 0.0393 e. The summed E-state index contributed by atoms with van der Waals surface area (Å²) in [7, 11) is 0. The van der Waals surface area contributed by atoms with Gasteiger partial charge in [0.2, 0.25) is 0 Å². The Morgan fingerprint density at radius 3 is 2.77 bits per heavy atom. The zero-order valence-electron chi connectivity index (χ0n) is 7.66. The molecular weight excluding hydrogens is 248 g/mol. The van der Waals surface area contributed by atoms with E-state index >= 15 is 0 Å². The van der Waals surface area contributed by atoms with E-state index in [-0.39, 0.29) is 6.04 Å². The van der Waals surface area contributed by atoms with E-state index in [1.165, 1.54) is 4.88 Å². The van der Waals surface area contributed by atoms with E-state index in [0.717, 1.165) is 10.9 Å². The van der Waals surface area contributed by atoms with Crippen LogP contribution in [-0.4, -0.2) is 6.54 Å². The summed E-state index contributed by atoms with van der Waals surface area (Å²) in [5.74, 6) is 0.496. The number of nitrogens with two attached hydrogens (primary N) is 2. The first-order valence-corrected chi connectivity index (χ1v) is 6.00. The molecule has 1 aromatic heterocycles. The highest BCUT2D eigenvalue weighted by molar-refractivity contribution is 9.10. The van der Waals surface area contributed by atoms with Gasteiger partial charge >= 0.3 is 0 Å². The highest BCUT2D eigenvalue weighted by Gasteiger charge is 2.11. The van der Waals surface area contributed by atoms with Gasteiger partial charge in [0.15, 0.2) is 0 Å². The van der Waals surface area contributed by atoms with Gasteiger partial charge in [-0.25, -0.2) is 0 Å². The lowest BCUT2D eigenvalue weighted by Crippen LogP contribution is -2.18. The molecule has 1 heterocycles. The molecule has 0 amide bonds. The molecule has 1 aromatic rings. The van der Waals surface area contributed by atoms with Gasteiger partial charge in [-0.05, 0) is 40.9 Å². The molecule has 0 aromatic carbocycles. The standard InChI is InChI=1S/C9H15BrN2S/c1-6(4-11)2-8(12)9-3-7(10)5-13-9/h3,5-6,8H,2,4,11-12H2,1H3. The van der Waals surface area contributed by atoms with Crippen molar-refractivity contribution in [3.05, 3.63) is 20.8 Å². The van der Waals surface area contributed by atoms with Gasteiger partial charge in [0, 0.05) is 20.8 Å². The highest BCUT2D eigenvalue weighted by atomic mass is 79.9. The maximum Gasteiger partial charge on any atom is 0.0393 e. The molecule has 0 fully saturated rings. The first-order valence-electron chi connectivity index (χ1n) is 4.33. The van der Waals surface area contributed by atoms with Gasteiger partial charge < -0.3 is 11.5 Å². The second kappa shape index (κ2) is 5.10. The third-order valence-corrected chi connectivity index (χ3v) is 3.84. The molecule has 0 aliphatic heterocycles. The van der Waals surface area contributed by atoms with Gasteiger partial charge in [-0.3, -0.25) is 0 Å². The van der Waals surface area contributed by atoms with Crippen LogP contribution in [0, 0.1) is 5.92 Å². The van der Waals surface area contributed by atoms with Gasteiger partial charge in [-0.1, -0.05) is 6.92 Å². The van der Waals surface area contributed by atoms with Crippen molar-refractivity contribution >= 4 is 27.3 Å². The molecule has 0 saturated heterocycles. The number of hydrogen-bond acceptors (Lipinski definition) is 3. The summed E-state index contributed by atoms with van der Waals surface area (Å²) < 4.78 is 1.11. The summed E-state index contributed by atoms with van der Waals surface area (Å²) in [6.45, 7) is 2.84. The molecule has 0 aliphatic rings. The Labute approximate surface area is 91.4 Å². The maximum atomic E-state index is 6.02. The predicted molar refractivity (Wildman–Crippen MR) is 61.8 cm³/mol. The Morgan fingerprint density at radius 2 is 2.31 bits per heavy atom. The maximum absolute atomic E-state index is 6.02. The summed E-state index contributed by atoms with van der Waals surface area (Å²) in [5.41, 5.74) is 11.6. The normalized spacial score (nSPS) is 15.7. The van der Waals surface area contributed by atoms with Crippen LogP contribution in [0.4, 0.5) is 0 Å².